The summed E-state index contributed by atoms with van der Waals surface area (Å²) in [4.78, 5) is 23.8. The van der Waals surface area contributed by atoms with Crippen LogP contribution in [0.2, 0.25) is 0 Å². The summed E-state index contributed by atoms with van der Waals surface area (Å²) >= 11 is 1.28. The Morgan fingerprint density at radius 2 is 2.04 bits per heavy atom. The maximum atomic E-state index is 12.4. The lowest BCUT2D eigenvalue weighted by molar-refractivity contribution is -0.113. The van der Waals surface area contributed by atoms with Crippen molar-refractivity contribution in [1.29, 1.82) is 0 Å². The Kier molecular flexibility index (Phi) is 6.15. The zero-order valence-corrected chi connectivity index (χ0v) is 16.5. The summed E-state index contributed by atoms with van der Waals surface area (Å²) in [6, 6.07) is 8.49. The smallest absolute Gasteiger partial charge is 0.250 e. The van der Waals surface area contributed by atoms with Crippen molar-refractivity contribution in [2.45, 2.75) is 32.0 Å². The second-order valence-corrected chi connectivity index (χ2v) is 7.04. The minimum atomic E-state index is -0.591. The molecule has 3 rings (SSSR count). The summed E-state index contributed by atoms with van der Waals surface area (Å²) in [5.74, 6) is 0.758. The van der Waals surface area contributed by atoms with E-state index in [2.05, 4.69) is 22.4 Å². The van der Waals surface area contributed by atoms with Crippen molar-refractivity contribution in [2.24, 2.45) is 5.73 Å². The van der Waals surface area contributed by atoms with E-state index in [1.54, 1.807) is 30.5 Å². The van der Waals surface area contributed by atoms with E-state index in [-0.39, 0.29) is 17.2 Å². The summed E-state index contributed by atoms with van der Waals surface area (Å²) in [5, 5.41) is 11.9. The molecule has 0 radical (unpaired) electrons. The van der Waals surface area contributed by atoms with E-state index >= 15 is 0 Å². The average molecular weight is 399 g/mol. The van der Waals surface area contributed by atoms with Crippen molar-refractivity contribution in [1.82, 2.24) is 14.8 Å². The highest BCUT2D eigenvalue weighted by atomic mass is 32.2. The van der Waals surface area contributed by atoms with Crippen molar-refractivity contribution in [3.05, 3.63) is 47.9 Å². The molecule has 0 atom stereocenters. The highest BCUT2D eigenvalue weighted by Crippen LogP contribution is 2.27. The number of hydrogen-bond donors (Lipinski definition) is 2. The standard InChI is InChI=1S/C19H21N5O3S/c1-3-9-24-18(13-8-10-27-12(13)2)22-23-19(24)28-11-16(25)21-15-7-5-4-6-14(15)17(20)26/h4-8,10H,3,9,11H2,1-2H3,(H2,20,26)(H,21,25). The van der Waals surface area contributed by atoms with Gasteiger partial charge < -0.3 is 20.0 Å². The first kappa shape index (κ1) is 19.7. The Hall–Kier alpha value is -3.07. The molecule has 0 spiro atoms. The van der Waals surface area contributed by atoms with Crippen LogP contribution in [-0.2, 0) is 11.3 Å². The molecule has 0 aliphatic carbocycles. The van der Waals surface area contributed by atoms with Crippen LogP contribution in [0.4, 0.5) is 5.69 Å². The third-order valence-corrected chi connectivity index (χ3v) is 5.03. The SMILES string of the molecule is CCCn1c(SCC(=O)Nc2ccccc2C(N)=O)nnc1-c1ccoc1C. The molecule has 146 valence electrons. The van der Waals surface area contributed by atoms with E-state index in [9.17, 15) is 9.59 Å². The number of aryl methyl sites for hydroxylation is 1. The summed E-state index contributed by atoms with van der Waals surface area (Å²) < 4.78 is 7.35. The number of carbonyl (C=O) groups is 2. The maximum Gasteiger partial charge on any atom is 0.250 e. The quantitative estimate of drug-likeness (QED) is 0.562. The maximum absolute atomic E-state index is 12.4. The molecule has 2 heterocycles. The largest absolute Gasteiger partial charge is 0.469 e. The molecule has 3 aromatic rings. The van der Waals surface area contributed by atoms with Gasteiger partial charge in [-0.25, -0.2) is 0 Å². The molecule has 3 N–H and O–H groups in total. The van der Waals surface area contributed by atoms with Gasteiger partial charge in [0.2, 0.25) is 5.91 Å². The van der Waals surface area contributed by atoms with Crippen LogP contribution >= 0.6 is 11.8 Å². The van der Waals surface area contributed by atoms with Crippen LogP contribution in [0.5, 0.6) is 0 Å². The molecule has 0 saturated heterocycles. The number of aromatic nitrogens is 3. The van der Waals surface area contributed by atoms with Crippen LogP contribution in [0, 0.1) is 6.92 Å². The summed E-state index contributed by atoms with van der Waals surface area (Å²) in [5.41, 5.74) is 6.89. The van der Waals surface area contributed by atoms with Gasteiger partial charge in [0, 0.05) is 6.54 Å². The van der Waals surface area contributed by atoms with E-state index < -0.39 is 5.91 Å². The Bertz CT molecular complexity index is 995. The van der Waals surface area contributed by atoms with Gasteiger partial charge in [-0.15, -0.1) is 10.2 Å². The van der Waals surface area contributed by atoms with Crippen molar-refractivity contribution < 1.29 is 14.0 Å². The van der Waals surface area contributed by atoms with E-state index in [0.717, 1.165) is 30.1 Å². The first-order chi connectivity index (χ1) is 13.5. The number of primary amides is 1. The number of rotatable bonds is 8. The molecular formula is C19H21N5O3S. The average Bonchev–Trinajstić information content (AvgIpc) is 3.26. The van der Waals surface area contributed by atoms with Crippen LogP contribution in [-0.4, -0.2) is 32.3 Å². The topological polar surface area (TPSA) is 116 Å². The number of benzene rings is 1. The molecular weight excluding hydrogens is 378 g/mol. The van der Waals surface area contributed by atoms with Crippen LogP contribution in [0.15, 0.2) is 46.2 Å². The summed E-state index contributed by atoms with van der Waals surface area (Å²) in [6.07, 6.45) is 2.51. The highest BCUT2D eigenvalue weighted by molar-refractivity contribution is 7.99. The molecule has 0 aliphatic heterocycles. The predicted molar refractivity (Wildman–Crippen MR) is 107 cm³/mol. The van der Waals surface area contributed by atoms with E-state index in [1.807, 2.05) is 17.6 Å². The van der Waals surface area contributed by atoms with Crippen molar-refractivity contribution in [3.8, 4) is 11.4 Å². The van der Waals surface area contributed by atoms with Gasteiger partial charge in [0.05, 0.1) is 28.8 Å². The van der Waals surface area contributed by atoms with Crippen molar-refractivity contribution >= 4 is 29.3 Å². The summed E-state index contributed by atoms with van der Waals surface area (Å²) in [7, 11) is 0. The zero-order valence-electron chi connectivity index (χ0n) is 15.6. The monoisotopic (exact) mass is 399 g/mol. The van der Waals surface area contributed by atoms with Crippen LogP contribution in [0.3, 0.4) is 0 Å². The normalized spacial score (nSPS) is 10.8. The van der Waals surface area contributed by atoms with Gasteiger partial charge in [0.1, 0.15) is 5.76 Å². The van der Waals surface area contributed by atoms with Gasteiger partial charge in [-0.05, 0) is 31.5 Å². The number of anilines is 1. The Balaban J connectivity index is 1.73. The Labute approximate surface area is 166 Å². The fraction of sp³-hybridized carbons (Fsp3) is 0.263. The number of nitrogens with one attached hydrogen (secondary N) is 1. The van der Waals surface area contributed by atoms with Gasteiger partial charge in [0.25, 0.3) is 5.91 Å². The number of carbonyl (C=O) groups excluding carboxylic acids is 2. The third kappa shape index (κ3) is 4.25. The number of amides is 2. The molecule has 0 aliphatic rings. The lowest BCUT2D eigenvalue weighted by atomic mass is 10.1. The highest BCUT2D eigenvalue weighted by Gasteiger charge is 2.18. The van der Waals surface area contributed by atoms with Crippen molar-refractivity contribution in [2.75, 3.05) is 11.1 Å². The lowest BCUT2D eigenvalue weighted by Crippen LogP contribution is -2.19. The molecule has 28 heavy (non-hydrogen) atoms. The zero-order chi connectivity index (χ0) is 20.1. The minimum Gasteiger partial charge on any atom is -0.469 e. The van der Waals surface area contributed by atoms with Crippen LogP contribution in [0.25, 0.3) is 11.4 Å². The second kappa shape index (κ2) is 8.75. The summed E-state index contributed by atoms with van der Waals surface area (Å²) in [6.45, 7) is 4.66. The van der Waals surface area contributed by atoms with Gasteiger partial charge in [-0.2, -0.15) is 0 Å². The molecule has 9 heteroatoms. The molecule has 0 unspecified atom stereocenters. The van der Waals surface area contributed by atoms with Gasteiger partial charge >= 0.3 is 0 Å². The first-order valence-electron chi connectivity index (χ1n) is 8.80. The molecule has 0 fully saturated rings. The fourth-order valence-electron chi connectivity index (χ4n) is 2.76. The molecule has 2 amide bonds. The molecule has 1 aromatic carbocycles. The molecule has 0 bridgehead atoms. The molecule has 0 saturated carbocycles. The number of thioether (sulfide) groups is 1. The van der Waals surface area contributed by atoms with Gasteiger partial charge in [-0.1, -0.05) is 30.8 Å². The fourth-order valence-corrected chi connectivity index (χ4v) is 3.52. The number of hydrogen-bond acceptors (Lipinski definition) is 6. The van der Waals surface area contributed by atoms with E-state index in [0.29, 0.717) is 10.8 Å². The minimum absolute atomic E-state index is 0.124. The van der Waals surface area contributed by atoms with Crippen LogP contribution in [0.1, 0.15) is 29.5 Å². The van der Waals surface area contributed by atoms with Crippen LogP contribution < -0.4 is 11.1 Å². The van der Waals surface area contributed by atoms with Gasteiger partial charge in [-0.3, -0.25) is 9.59 Å². The van der Waals surface area contributed by atoms with E-state index in [1.165, 1.54) is 11.8 Å². The predicted octanol–water partition coefficient (Wildman–Crippen LogP) is 3.09. The number of para-hydroxylation sites is 1. The van der Waals surface area contributed by atoms with Gasteiger partial charge in [0.15, 0.2) is 11.0 Å². The first-order valence-corrected chi connectivity index (χ1v) is 9.79. The number of nitrogens with zero attached hydrogens (tertiary/aromatic N) is 3. The molecule has 8 nitrogen and oxygen atoms in total. The molecule has 2 aromatic heterocycles. The number of furan rings is 1. The second-order valence-electron chi connectivity index (χ2n) is 6.09. The Morgan fingerprint density at radius 1 is 1.25 bits per heavy atom. The number of nitrogens with two attached hydrogens (primary N) is 1. The van der Waals surface area contributed by atoms with E-state index in [4.69, 9.17) is 10.2 Å². The third-order valence-electron chi connectivity index (χ3n) is 4.06. The lowest BCUT2D eigenvalue weighted by Gasteiger charge is -2.10. The van der Waals surface area contributed by atoms with Crippen molar-refractivity contribution in [3.63, 3.8) is 0 Å². The Morgan fingerprint density at radius 3 is 2.71 bits per heavy atom.